The number of fused-ring (bicyclic) bond motifs is 1. The molecule has 0 unspecified atom stereocenters. The Morgan fingerprint density at radius 3 is 2.86 bits per heavy atom. The summed E-state index contributed by atoms with van der Waals surface area (Å²) in [5, 5.41) is 4.18. The van der Waals surface area contributed by atoms with E-state index in [1.54, 1.807) is 11.3 Å². The number of aryl methyl sites for hydroxylation is 1. The van der Waals surface area contributed by atoms with E-state index in [-0.39, 0.29) is 0 Å². The maximum Gasteiger partial charge on any atom is 0.241 e. The third kappa shape index (κ3) is 1.48. The largest absolute Gasteiger partial charge is 0.366 e. The SMILES string of the molecule is Cc1sc2nc(N)nn2c1CC(C)C. The number of hydrogen-bond donors (Lipinski definition) is 1. The molecule has 14 heavy (non-hydrogen) atoms. The van der Waals surface area contributed by atoms with Crippen LogP contribution in [0.4, 0.5) is 5.95 Å². The zero-order valence-corrected chi connectivity index (χ0v) is 9.43. The summed E-state index contributed by atoms with van der Waals surface area (Å²) in [7, 11) is 0. The van der Waals surface area contributed by atoms with Gasteiger partial charge >= 0.3 is 0 Å². The van der Waals surface area contributed by atoms with E-state index in [9.17, 15) is 0 Å². The zero-order chi connectivity index (χ0) is 10.3. The second kappa shape index (κ2) is 3.24. The molecule has 0 saturated carbocycles. The molecule has 0 aromatic carbocycles. The topological polar surface area (TPSA) is 56.2 Å². The highest BCUT2D eigenvalue weighted by atomic mass is 32.1. The van der Waals surface area contributed by atoms with Crippen LogP contribution in [0.25, 0.3) is 4.96 Å². The highest BCUT2D eigenvalue weighted by molar-refractivity contribution is 7.17. The molecule has 0 bridgehead atoms. The van der Waals surface area contributed by atoms with Crippen LogP contribution in [-0.4, -0.2) is 14.6 Å². The lowest BCUT2D eigenvalue weighted by Crippen LogP contribution is -2.01. The molecular formula is C9H14N4S. The van der Waals surface area contributed by atoms with Gasteiger partial charge < -0.3 is 5.73 Å². The van der Waals surface area contributed by atoms with Crippen molar-refractivity contribution in [3.63, 3.8) is 0 Å². The van der Waals surface area contributed by atoms with Crippen molar-refractivity contribution < 1.29 is 0 Å². The van der Waals surface area contributed by atoms with Crippen LogP contribution in [-0.2, 0) is 6.42 Å². The zero-order valence-electron chi connectivity index (χ0n) is 8.61. The van der Waals surface area contributed by atoms with Crippen LogP contribution >= 0.6 is 11.3 Å². The number of nitrogens with zero attached hydrogens (tertiary/aromatic N) is 3. The molecular weight excluding hydrogens is 196 g/mol. The molecule has 2 aromatic heterocycles. The van der Waals surface area contributed by atoms with Crippen molar-refractivity contribution in [3.8, 4) is 0 Å². The van der Waals surface area contributed by atoms with Crippen molar-refractivity contribution in [2.24, 2.45) is 5.92 Å². The lowest BCUT2D eigenvalue weighted by atomic mass is 10.1. The van der Waals surface area contributed by atoms with E-state index in [0.717, 1.165) is 11.4 Å². The van der Waals surface area contributed by atoms with Crippen molar-refractivity contribution in [1.82, 2.24) is 14.6 Å². The second-order valence-electron chi connectivity index (χ2n) is 3.87. The summed E-state index contributed by atoms with van der Waals surface area (Å²) in [6.07, 6.45) is 1.02. The van der Waals surface area contributed by atoms with Crippen molar-refractivity contribution in [3.05, 3.63) is 10.6 Å². The summed E-state index contributed by atoms with van der Waals surface area (Å²) in [4.78, 5) is 6.33. The molecule has 2 aromatic rings. The first-order valence-corrected chi connectivity index (χ1v) is 5.50. The number of thiazole rings is 1. The van der Waals surface area contributed by atoms with Gasteiger partial charge in [-0.15, -0.1) is 5.10 Å². The van der Waals surface area contributed by atoms with Crippen molar-refractivity contribution in [2.75, 3.05) is 5.73 Å². The van der Waals surface area contributed by atoms with Gasteiger partial charge in [0.25, 0.3) is 0 Å². The number of hydrogen-bond acceptors (Lipinski definition) is 4. The maximum absolute atomic E-state index is 5.55. The van der Waals surface area contributed by atoms with E-state index < -0.39 is 0 Å². The summed E-state index contributed by atoms with van der Waals surface area (Å²) in [5.41, 5.74) is 6.79. The average Bonchev–Trinajstić information content (AvgIpc) is 2.51. The highest BCUT2D eigenvalue weighted by Crippen LogP contribution is 2.23. The standard InChI is InChI=1S/C9H14N4S/c1-5(2)4-7-6(3)14-9-11-8(10)12-13(7)9/h5H,4H2,1-3H3,(H2,10,12). The predicted molar refractivity (Wildman–Crippen MR) is 58.6 cm³/mol. The Hall–Kier alpha value is -1.10. The van der Waals surface area contributed by atoms with Crippen LogP contribution in [0, 0.1) is 12.8 Å². The third-order valence-corrected chi connectivity index (χ3v) is 3.09. The smallest absolute Gasteiger partial charge is 0.241 e. The van der Waals surface area contributed by atoms with Gasteiger partial charge in [0.1, 0.15) is 0 Å². The Labute approximate surface area is 86.8 Å². The van der Waals surface area contributed by atoms with E-state index in [2.05, 4.69) is 30.9 Å². The van der Waals surface area contributed by atoms with Crippen LogP contribution in [0.3, 0.4) is 0 Å². The number of rotatable bonds is 2. The Morgan fingerprint density at radius 1 is 1.50 bits per heavy atom. The summed E-state index contributed by atoms with van der Waals surface area (Å²) >= 11 is 1.65. The molecule has 0 aliphatic heterocycles. The average molecular weight is 210 g/mol. The fourth-order valence-corrected chi connectivity index (χ4v) is 2.45. The Morgan fingerprint density at radius 2 is 2.21 bits per heavy atom. The predicted octanol–water partition coefficient (Wildman–Crippen LogP) is 1.88. The molecule has 0 saturated heterocycles. The van der Waals surface area contributed by atoms with E-state index in [0.29, 0.717) is 11.9 Å². The first-order chi connectivity index (χ1) is 6.58. The van der Waals surface area contributed by atoms with Crippen molar-refractivity contribution in [2.45, 2.75) is 27.2 Å². The van der Waals surface area contributed by atoms with Gasteiger partial charge in [0.15, 0.2) is 0 Å². The van der Waals surface area contributed by atoms with Gasteiger partial charge in [-0.25, -0.2) is 4.52 Å². The monoisotopic (exact) mass is 210 g/mol. The van der Waals surface area contributed by atoms with Gasteiger partial charge in [0.05, 0.1) is 5.69 Å². The number of aromatic nitrogens is 3. The van der Waals surface area contributed by atoms with Gasteiger partial charge in [0.2, 0.25) is 10.9 Å². The van der Waals surface area contributed by atoms with Crippen LogP contribution < -0.4 is 5.73 Å². The van der Waals surface area contributed by atoms with Crippen LogP contribution in [0.1, 0.15) is 24.4 Å². The summed E-state index contributed by atoms with van der Waals surface area (Å²) in [6, 6.07) is 0. The van der Waals surface area contributed by atoms with Crippen molar-refractivity contribution in [1.29, 1.82) is 0 Å². The highest BCUT2D eigenvalue weighted by Gasteiger charge is 2.13. The quantitative estimate of drug-likeness (QED) is 0.823. The lowest BCUT2D eigenvalue weighted by Gasteiger charge is -2.03. The van der Waals surface area contributed by atoms with Gasteiger partial charge in [-0.2, -0.15) is 4.98 Å². The molecule has 0 aliphatic rings. The van der Waals surface area contributed by atoms with Crippen LogP contribution in [0.5, 0.6) is 0 Å². The lowest BCUT2D eigenvalue weighted by molar-refractivity contribution is 0.621. The molecule has 0 atom stereocenters. The van der Waals surface area contributed by atoms with E-state index in [1.807, 2.05) is 4.52 Å². The first-order valence-electron chi connectivity index (χ1n) is 4.68. The van der Waals surface area contributed by atoms with Gasteiger partial charge in [0, 0.05) is 4.88 Å². The number of nitrogen functional groups attached to an aromatic ring is 1. The minimum Gasteiger partial charge on any atom is -0.366 e. The van der Waals surface area contributed by atoms with Crippen LogP contribution in [0.15, 0.2) is 0 Å². The maximum atomic E-state index is 5.55. The molecule has 5 heteroatoms. The second-order valence-corrected chi connectivity index (χ2v) is 5.05. The summed E-state index contributed by atoms with van der Waals surface area (Å²) in [6.45, 7) is 6.50. The molecule has 2 rings (SSSR count). The van der Waals surface area contributed by atoms with Crippen molar-refractivity contribution >= 4 is 22.2 Å². The van der Waals surface area contributed by atoms with E-state index in [4.69, 9.17) is 5.73 Å². The van der Waals surface area contributed by atoms with Gasteiger partial charge in [-0.1, -0.05) is 25.2 Å². The molecule has 0 radical (unpaired) electrons. The fraction of sp³-hybridized carbons (Fsp3) is 0.556. The third-order valence-electron chi connectivity index (χ3n) is 2.10. The Bertz CT molecular complexity index is 455. The fourth-order valence-electron chi connectivity index (χ4n) is 1.52. The molecule has 76 valence electrons. The van der Waals surface area contributed by atoms with Gasteiger partial charge in [-0.3, -0.25) is 0 Å². The van der Waals surface area contributed by atoms with Crippen LogP contribution in [0.2, 0.25) is 0 Å². The van der Waals surface area contributed by atoms with E-state index >= 15 is 0 Å². The first kappa shape index (κ1) is 9.45. The molecule has 4 nitrogen and oxygen atoms in total. The molecule has 0 amide bonds. The number of nitrogens with two attached hydrogens (primary N) is 1. The molecule has 0 fully saturated rings. The van der Waals surface area contributed by atoms with E-state index in [1.165, 1.54) is 10.6 Å². The molecule has 0 aliphatic carbocycles. The summed E-state index contributed by atoms with van der Waals surface area (Å²) < 4.78 is 1.87. The molecule has 0 spiro atoms. The minimum absolute atomic E-state index is 0.362. The van der Waals surface area contributed by atoms with Gasteiger partial charge in [-0.05, 0) is 19.3 Å². The Balaban J connectivity index is 2.54. The number of anilines is 1. The molecule has 2 heterocycles. The minimum atomic E-state index is 0.362. The Kier molecular flexibility index (Phi) is 2.19. The molecule has 2 N–H and O–H groups in total. The normalized spacial score (nSPS) is 11.7. The summed E-state index contributed by atoms with van der Waals surface area (Å²) in [5.74, 6) is 0.984.